The van der Waals surface area contributed by atoms with Crippen molar-refractivity contribution in [1.82, 2.24) is 10.3 Å². The predicted octanol–water partition coefficient (Wildman–Crippen LogP) is 0.610. The van der Waals surface area contributed by atoms with Crippen molar-refractivity contribution in [3.8, 4) is 0 Å². The van der Waals surface area contributed by atoms with Crippen LogP contribution in [-0.4, -0.2) is 23.5 Å². The predicted molar refractivity (Wildman–Crippen MR) is 52.7 cm³/mol. The molecule has 0 aromatic carbocycles. The molecule has 0 radical (unpaired) electrons. The monoisotopic (exact) mass is 199 g/mol. The molecule has 1 rings (SSSR count). The van der Waals surface area contributed by atoms with E-state index in [4.69, 9.17) is 5.73 Å². The third kappa shape index (κ3) is 2.78. The fourth-order valence-corrected chi connectivity index (χ4v) is 1.44. The highest BCUT2D eigenvalue weighted by Crippen LogP contribution is 2.01. The summed E-state index contributed by atoms with van der Waals surface area (Å²) in [6.07, 6.45) is 0.840. The summed E-state index contributed by atoms with van der Waals surface area (Å²) in [5, 5.41) is 4.52. The van der Waals surface area contributed by atoms with Crippen LogP contribution >= 0.6 is 11.3 Å². The molecule has 1 aromatic heterocycles. The average Bonchev–Trinajstić information content (AvgIpc) is 2.66. The number of carbonyl (C=O) groups excluding carboxylic acids is 1. The van der Waals surface area contributed by atoms with Gasteiger partial charge in [-0.25, -0.2) is 4.98 Å². The van der Waals surface area contributed by atoms with Crippen LogP contribution in [0, 0.1) is 0 Å². The minimum Gasteiger partial charge on any atom is -0.347 e. The van der Waals surface area contributed by atoms with Gasteiger partial charge in [-0.15, -0.1) is 11.3 Å². The molecule has 5 heteroatoms. The van der Waals surface area contributed by atoms with Crippen LogP contribution in [0.25, 0.3) is 0 Å². The summed E-state index contributed by atoms with van der Waals surface area (Å²) in [6, 6.07) is 0.0502. The van der Waals surface area contributed by atoms with Gasteiger partial charge in [0.15, 0.2) is 0 Å². The molecular weight excluding hydrogens is 186 g/mol. The van der Waals surface area contributed by atoms with Gasteiger partial charge in [-0.05, 0) is 6.42 Å². The third-order valence-electron chi connectivity index (χ3n) is 1.78. The lowest BCUT2D eigenvalue weighted by molar-refractivity contribution is 0.0933. The van der Waals surface area contributed by atoms with Gasteiger partial charge in [-0.2, -0.15) is 0 Å². The number of nitrogens with two attached hydrogens (primary N) is 1. The molecule has 0 aliphatic rings. The molecule has 0 spiro atoms. The number of amides is 1. The molecule has 0 bridgehead atoms. The maximum Gasteiger partial charge on any atom is 0.271 e. The van der Waals surface area contributed by atoms with Crippen LogP contribution in [0.3, 0.4) is 0 Å². The Bertz CT molecular complexity index is 256. The Balaban J connectivity index is 2.50. The van der Waals surface area contributed by atoms with Gasteiger partial charge in [0, 0.05) is 18.0 Å². The number of rotatable bonds is 4. The molecule has 13 heavy (non-hydrogen) atoms. The Kier molecular flexibility index (Phi) is 3.85. The molecule has 1 heterocycles. The van der Waals surface area contributed by atoms with E-state index >= 15 is 0 Å². The lowest BCUT2D eigenvalue weighted by Gasteiger charge is -2.12. The van der Waals surface area contributed by atoms with E-state index in [0.29, 0.717) is 12.2 Å². The van der Waals surface area contributed by atoms with Crippen LogP contribution in [0.5, 0.6) is 0 Å². The number of hydrogen-bond acceptors (Lipinski definition) is 4. The standard InChI is InChI=1S/C8H13N3OS/c1-2-6(3-9)11-8(12)7-4-13-5-10-7/h4-6H,2-3,9H2,1H3,(H,11,12). The highest BCUT2D eigenvalue weighted by atomic mass is 32.1. The van der Waals surface area contributed by atoms with Gasteiger partial charge >= 0.3 is 0 Å². The lowest BCUT2D eigenvalue weighted by atomic mass is 10.2. The second-order valence-electron chi connectivity index (χ2n) is 2.69. The van der Waals surface area contributed by atoms with Crippen molar-refractivity contribution in [2.45, 2.75) is 19.4 Å². The van der Waals surface area contributed by atoms with E-state index in [9.17, 15) is 4.79 Å². The van der Waals surface area contributed by atoms with Crippen LogP contribution < -0.4 is 11.1 Å². The van der Waals surface area contributed by atoms with E-state index in [1.807, 2.05) is 6.92 Å². The summed E-state index contributed by atoms with van der Waals surface area (Å²) in [4.78, 5) is 15.3. The summed E-state index contributed by atoms with van der Waals surface area (Å²) < 4.78 is 0. The fourth-order valence-electron chi connectivity index (χ4n) is 0.912. The van der Waals surface area contributed by atoms with E-state index in [2.05, 4.69) is 10.3 Å². The summed E-state index contributed by atoms with van der Waals surface area (Å²) in [5.41, 5.74) is 7.56. The Morgan fingerprint density at radius 3 is 3.08 bits per heavy atom. The Hall–Kier alpha value is -0.940. The highest BCUT2D eigenvalue weighted by molar-refractivity contribution is 7.07. The molecule has 1 aromatic rings. The zero-order valence-corrected chi connectivity index (χ0v) is 8.30. The zero-order valence-electron chi connectivity index (χ0n) is 7.49. The van der Waals surface area contributed by atoms with Gasteiger partial charge in [0.25, 0.3) is 5.91 Å². The van der Waals surface area contributed by atoms with Crippen LogP contribution in [0.4, 0.5) is 0 Å². The first-order valence-corrected chi connectivity index (χ1v) is 5.11. The molecule has 1 atom stereocenters. The summed E-state index contributed by atoms with van der Waals surface area (Å²) in [7, 11) is 0. The number of nitrogens with zero attached hydrogens (tertiary/aromatic N) is 1. The van der Waals surface area contributed by atoms with Crippen molar-refractivity contribution in [3.05, 3.63) is 16.6 Å². The Morgan fingerprint density at radius 1 is 1.85 bits per heavy atom. The molecule has 0 saturated heterocycles. The molecule has 1 unspecified atom stereocenters. The molecule has 1 amide bonds. The second kappa shape index (κ2) is 4.94. The maximum absolute atomic E-state index is 11.4. The van der Waals surface area contributed by atoms with E-state index in [-0.39, 0.29) is 11.9 Å². The normalized spacial score (nSPS) is 12.5. The first-order valence-electron chi connectivity index (χ1n) is 4.17. The topological polar surface area (TPSA) is 68.0 Å². The second-order valence-corrected chi connectivity index (χ2v) is 3.41. The quantitative estimate of drug-likeness (QED) is 0.746. The number of aromatic nitrogens is 1. The van der Waals surface area contributed by atoms with Crippen molar-refractivity contribution < 1.29 is 4.79 Å². The highest BCUT2D eigenvalue weighted by Gasteiger charge is 2.11. The van der Waals surface area contributed by atoms with Crippen LogP contribution in [0.1, 0.15) is 23.8 Å². The van der Waals surface area contributed by atoms with Crippen molar-refractivity contribution in [2.75, 3.05) is 6.54 Å². The molecular formula is C8H13N3OS. The molecule has 0 saturated carbocycles. The smallest absolute Gasteiger partial charge is 0.271 e. The summed E-state index contributed by atoms with van der Waals surface area (Å²) in [5.74, 6) is -0.140. The first kappa shape index (κ1) is 10.1. The van der Waals surface area contributed by atoms with E-state index in [1.165, 1.54) is 11.3 Å². The van der Waals surface area contributed by atoms with E-state index < -0.39 is 0 Å². The molecule has 3 N–H and O–H groups in total. The minimum absolute atomic E-state index is 0.0502. The minimum atomic E-state index is -0.140. The number of hydrogen-bond donors (Lipinski definition) is 2. The molecule has 0 aliphatic heterocycles. The Morgan fingerprint density at radius 2 is 2.62 bits per heavy atom. The number of carbonyl (C=O) groups is 1. The summed E-state index contributed by atoms with van der Waals surface area (Å²) >= 11 is 1.41. The van der Waals surface area contributed by atoms with Crippen molar-refractivity contribution in [1.29, 1.82) is 0 Å². The maximum atomic E-state index is 11.4. The molecule has 4 nitrogen and oxygen atoms in total. The molecule has 72 valence electrons. The average molecular weight is 199 g/mol. The Labute approximate surface area is 81.2 Å². The first-order chi connectivity index (χ1) is 6.27. The zero-order chi connectivity index (χ0) is 9.68. The largest absolute Gasteiger partial charge is 0.347 e. The van der Waals surface area contributed by atoms with Crippen LogP contribution in [0.15, 0.2) is 10.9 Å². The SMILES string of the molecule is CCC(CN)NC(=O)c1cscn1. The van der Waals surface area contributed by atoms with Crippen LogP contribution in [0.2, 0.25) is 0 Å². The number of thiazole rings is 1. The lowest BCUT2D eigenvalue weighted by Crippen LogP contribution is -2.39. The fraction of sp³-hybridized carbons (Fsp3) is 0.500. The van der Waals surface area contributed by atoms with Gasteiger partial charge in [0.2, 0.25) is 0 Å². The van der Waals surface area contributed by atoms with Crippen molar-refractivity contribution in [2.24, 2.45) is 5.73 Å². The molecule has 0 aliphatic carbocycles. The van der Waals surface area contributed by atoms with Crippen molar-refractivity contribution >= 4 is 17.2 Å². The number of nitrogens with one attached hydrogen (secondary N) is 1. The third-order valence-corrected chi connectivity index (χ3v) is 2.36. The van der Waals surface area contributed by atoms with E-state index in [1.54, 1.807) is 10.9 Å². The van der Waals surface area contributed by atoms with Crippen LogP contribution in [-0.2, 0) is 0 Å². The van der Waals surface area contributed by atoms with Gasteiger partial charge in [0.1, 0.15) is 5.69 Å². The summed E-state index contributed by atoms with van der Waals surface area (Å²) in [6.45, 7) is 2.45. The van der Waals surface area contributed by atoms with Gasteiger partial charge < -0.3 is 11.1 Å². The van der Waals surface area contributed by atoms with Gasteiger partial charge in [0.05, 0.1) is 5.51 Å². The van der Waals surface area contributed by atoms with E-state index in [0.717, 1.165) is 6.42 Å². The van der Waals surface area contributed by atoms with Gasteiger partial charge in [-0.1, -0.05) is 6.92 Å². The van der Waals surface area contributed by atoms with Gasteiger partial charge in [-0.3, -0.25) is 4.79 Å². The molecule has 0 fully saturated rings. The van der Waals surface area contributed by atoms with Crippen molar-refractivity contribution in [3.63, 3.8) is 0 Å².